The van der Waals surface area contributed by atoms with E-state index in [1.807, 2.05) is 54.3 Å². The second kappa shape index (κ2) is 9.14. The van der Waals surface area contributed by atoms with Crippen LogP contribution in [0.15, 0.2) is 54.9 Å². The maximum absolute atomic E-state index is 6.15. The molecule has 1 atom stereocenters. The summed E-state index contributed by atoms with van der Waals surface area (Å²) in [7, 11) is 0. The molecule has 1 aliphatic rings. The molecule has 1 saturated heterocycles. The number of anilines is 2. The van der Waals surface area contributed by atoms with Crippen LogP contribution < -0.4 is 10.1 Å². The highest BCUT2D eigenvalue weighted by Crippen LogP contribution is 2.30. The van der Waals surface area contributed by atoms with E-state index in [9.17, 15) is 0 Å². The number of nitrogens with one attached hydrogen (secondary N) is 1. The minimum atomic E-state index is 0.0378. The van der Waals surface area contributed by atoms with Gasteiger partial charge in [0.1, 0.15) is 17.8 Å². The van der Waals surface area contributed by atoms with Crippen LogP contribution in [0.2, 0.25) is 5.28 Å². The Hall–Kier alpha value is -3.16. The molecule has 0 amide bonds. The van der Waals surface area contributed by atoms with Gasteiger partial charge in [0.2, 0.25) is 5.28 Å². The van der Waals surface area contributed by atoms with Gasteiger partial charge in [0.05, 0.1) is 18.3 Å². The van der Waals surface area contributed by atoms with Crippen molar-refractivity contribution in [1.82, 2.24) is 19.7 Å². The van der Waals surface area contributed by atoms with E-state index in [0.29, 0.717) is 12.4 Å². The summed E-state index contributed by atoms with van der Waals surface area (Å²) >= 11 is 6.15. The molecule has 32 heavy (non-hydrogen) atoms. The minimum absolute atomic E-state index is 0.0378. The van der Waals surface area contributed by atoms with Gasteiger partial charge in [-0.3, -0.25) is 0 Å². The van der Waals surface area contributed by atoms with Crippen LogP contribution >= 0.6 is 11.6 Å². The molecule has 0 radical (unpaired) electrons. The molecule has 1 fully saturated rings. The fourth-order valence-electron chi connectivity index (χ4n) is 3.89. The van der Waals surface area contributed by atoms with Crippen molar-refractivity contribution in [3.8, 4) is 16.9 Å². The Morgan fingerprint density at radius 3 is 2.78 bits per heavy atom. The number of aromatic nitrogens is 4. The van der Waals surface area contributed by atoms with Crippen molar-refractivity contribution in [2.75, 3.05) is 18.5 Å². The predicted octanol–water partition coefficient (Wildman–Crippen LogP) is 5.99. The van der Waals surface area contributed by atoms with E-state index in [0.717, 1.165) is 52.9 Å². The van der Waals surface area contributed by atoms with Gasteiger partial charge in [-0.05, 0) is 73.7 Å². The lowest BCUT2D eigenvalue weighted by Crippen LogP contribution is -2.18. The van der Waals surface area contributed by atoms with Crippen molar-refractivity contribution in [2.24, 2.45) is 0 Å². The van der Waals surface area contributed by atoms with Crippen LogP contribution in [0.1, 0.15) is 32.4 Å². The van der Waals surface area contributed by atoms with Gasteiger partial charge in [-0.25, -0.2) is 9.67 Å². The second-order valence-corrected chi connectivity index (χ2v) is 8.02. The molecule has 164 valence electrons. The Balaban J connectivity index is 1.37. The van der Waals surface area contributed by atoms with E-state index in [1.54, 1.807) is 0 Å². The highest BCUT2D eigenvalue weighted by molar-refractivity contribution is 6.28. The number of fused-ring (bicyclic) bond motifs is 1. The lowest BCUT2D eigenvalue weighted by atomic mass is 10.1. The summed E-state index contributed by atoms with van der Waals surface area (Å²) < 4.78 is 13.4. The molecule has 2 aromatic carbocycles. The summed E-state index contributed by atoms with van der Waals surface area (Å²) in [6.45, 7) is 3.34. The zero-order valence-electron chi connectivity index (χ0n) is 17.8. The molecule has 1 N–H and O–H groups in total. The molecule has 0 bridgehead atoms. The second-order valence-electron chi connectivity index (χ2n) is 7.69. The van der Waals surface area contributed by atoms with Gasteiger partial charge in [0, 0.05) is 29.4 Å². The van der Waals surface area contributed by atoms with Crippen LogP contribution in [-0.4, -0.2) is 33.0 Å². The largest absolute Gasteiger partial charge is 0.494 e. The highest BCUT2D eigenvalue weighted by atomic mass is 35.5. The maximum atomic E-state index is 6.15. The van der Waals surface area contributed by atoms with Gasteiger partial charge in [0.15, 0.2) is 0 Å². The van der Waals surface area contributed by atoms with Crippen LogP contribution in [0.3, 0.4) is 0 Å². The molecule has 0 saturated carbocycles. The molecule has 7 nitrogen and oxygen atoms in total. The first-order valence-corrected chi connectivity index (χ1v) is 11.2. The summed E-state index contributed by atoms with van der Waals surface area (Å²) in [4.78, 5) is 8.71. The Labute approximate surface area is 191 Å². The molecule has 8 heteroatoms. The Kier molecular flexibility index (Phi) is 5.92. The average molecular weight is 450 g/mol. The number of nitrogens with zero attached hydrogens (tertiary/aromatic N) is 4. The topological polar surface area (TPSA) is 74.1 Å². The average Bonchev–Trinajstić information content (AvgIpc) is 3.31. The monoisotopic (exact) mass is 449 g/mol. The summed E-state index contributed by atoms with van der Waals surface area (Å²) in [6, 6.07) is 13.8. The Morgan fingerprint density at radius 1 is 1.12 bits per heavy atom. The van der Waals surface area contributed by atoms with E-state index >= 15 is 0 Å². The molecule has 0 spiro atoms. The molecule has 1 aliphatic heterocycles. The van der Waals surface area contributed by atoms with Gasteiger partial charge in [-0.2, -0.15) is 10.1 Å². The number of halogens is 1. The fourth-order valence-corrected chi connectivity index (χ4v) is 4.07. The molecule has 0 aliphatic carbocycles. The summed E-state index contributed by atoms with van der Waals surface area (Å²) in [5.74, 6) is 1.40. The van der Waals surface area contributed by atoms with Crippen molar-refractivity contribution in [3.05, 3.63) is 60.1 Å². The van der Waals surface area contributed by atoms with Gasteiger partial charge in [0.25, 0.3) is 0 Å². The zero-order chi connectivity index (χ0) is 21.9. The van der Waals surface area contributed by atoms with Crippen LogP contribution in [0.5, 0.6) is 5.75 Å². The molecule has 2 aromatic heterocycles. The lowest BCUT2D eigenvalue weighted by molar-refractivity contribution is -0.0394. The van der Waals surface area contributed by atoms with Crippen molar-refractivity contribution in [3.63, 3.8) is 0 Å². The van der Waals surface area contributed by atoms with Crippen molar-refractivity contribution < 1.29 is 9.47 Å². The first-order valence-electron chi connectivity index (χ1n) is 10.8. The SMILES string of the molecule is CCOc1ccc2nc(Cl)nc(Nc3ccc(-c4cnn(C5CCCCO5)c4)cc3)c2c1. The first-order chi connectivity index (χ1) is 15.7. The van der Waals surface area contributed by atoms with E-state index in [1.165, 1.54) is 6.42 Å². The highest BCUT2D eigenvalue weighted by Gasteiger charge is 2.17. The number of hydrogen-bond acceptors (Lipinski definition) is 6. The van der Waals surface area contributed by atoms with Crippen molar-refractivity contribution in [2.45, 2.75) is 32.4 Å². The molecule has 5 rings (SSSR count). The third kappa shape index (κ3) is 4.40. The third-order valence-electron chi connectivity index (χ3n) is 5.48. The normalized spacial score (nSPS) is 16.2. The summed E-state index contributed by atoms with van der Waals surface area (Å²) in [6.07, 6.45) is 7.27. The molecule has 4 aromatic rings. The number of ether oxygens (including phenoxy) is 2. The predicted molar refractivity (Wildman–Crippen MR) is 126 cm³/mol. The van der Waals surface area contributed by atoms with Crippen LogP contribution in [0.25, 0.3) is 22.0 Å². The molecule has 3 heterocycles. The van der Waals surface area contributed by atoms with Gasteiger partial charge < -0.3 is 14.8 Å². The number of benzene rings is 2. The van der Waals surface area contributed by atoms with Crippen molar-refractivity contribution in [1.29, 1.82) is 0 Å². The molecular formula is C24H24ClN5O2. The zero-order valence-corrected chi connectivity index (χ0v) is 18.5. The van der Waals surface area contributed by atoms with E-state index in [2.05, 4.69) is 32.5 Å². The number of rotatable bonds is 6. The Morgan fingerprint density at radius 2 is 2.00 bits per heavy atom. The van der Waals surface area contributed by atoms with Gasteiger partial charge in [-0.15, -0.1) is 0 Å². The van der Waals surface area contributed by atoms with E-state index in [4.69, 9.17) is 21.1 Å². The van der Waals surface area contributed by atoms with Gasteiger partial charge in [-0.1, -0.05) is 12.1 Å². The van der Waals surface area contributed by atoms with Crippen LogP contribution in [-0.2, 0) is 4.74 Å². The summed E-state index contributed by atoms with van der Waals surface area (Å²) in [5.41, 5.74) is 3.80. The summed E-state index contributed by atoms with van der Waals surface area (Å²) in [5, 5.41) is 8.91. The van der Waals surface area contributed by atoms with Crippen molar-refractivity contribution >= 4 is 34.0 Å². The van der Waals surface area contributed by atoms with E-state index < -0.39 is 0 Å². The molecular weight excluding hydrogens is 426 g/mol. The third-order valence-corrected chi connectivity index (χ3v) is 5.65. The fraction of sp³-hybridized carbons (Fsp3) is 0.292. The number of hydrogen-bond donors (Lipinski definition) is 1. The first kappa shape index (κ1) is 20.7. The van der Waals surface area contributed by atoms with Crippen LogP contribution in [0, 0.1) is 0 Å². The quantitative estimate of drug-likeness (QED) is 0.364. The van der Waals surface area contributed by atoms with Crippen LogP contribution in [0.4, 0.5) is 11.5 Å². The lowest BCUT2D eigenvalue weighted by Gasteiger charge is -2.22. The smallest absolute Gasteiger partial charge is 0.224 e. The minimum Gasteiger partial charge on any atom is -0.494 e. The maximum Gasteiger partial charge on any atom is 0.224 e. The molecule has 1 unspecified atom stereocenters. The Bertz CT molecular complexity index is 1220. The van der Waals surface area contributed by atoms with Gasteiger partial charge >= 0.3 is 0 Å². The standard InChI is InChI=1S/C24H24ClN5O2/c1-2-31-19-10-11-21-20(13-19)23(29-24(25)28-21)27-18-8-6-16(7-9-18)17-14-26-30(15-17)22-5-3-4-12-32-22/h6-11,13-15,22H,2-5,12H2,1H3,(H,27,28,29). The van der Waals surface area contributed by atoms with E-state index in [-0.39, 0.29) is 11.5 Å².